The third-order valence-electron chi connectivity index (χ3n) is 6.20. The van der Waals surface area contributed by atoms with Crippen LogP contribution in [-0.2, 0) is 0 Å². The predicted octanol–water partition coefficient (Wildman–Crippen LogP) is 7.73. The Balaban J connectivity index is 6.69. The fraction of sp³-hybridized carbons (Fsp3) is 1.00. The van der Waals surface area contributed by atoms with E-state index in [1.165, 1.54) is 18.1 Å². The largest absolute Gasteiger partial charge is 0.176 e. The third kappa shape index (κ3) is 3.48. The maximum absolute atomic E-state index is 7.71. The maximum Gasteiger partial charge on any atom is 0.146 e. The smallest absolute Gasteiger partial charge is 0.146 e. The molecular formula is C18H42ClSi3. The highest BCUT2D eigenvalue weighted by Gasteiger charge is 2.67. The van der Waals surface area contributed by atoms with Gasteiger partial charge in [0.1, 0.15) is 7.14 Å². The Kier molecular flexibility index (Phi) is 7.35. The molecule has 0 N–H and O–H groups in total. The summed E-state index contributed by atoms with van der Waals surface area (Å²) in [6, 6.07) is 4.11. The van der Waals surface area contributed by atoms with Gasteiger partial charge in [-0.15, -0.1) is 0 Å². The molecule has 22 heavy (non-hydrogen) atoms. The average Bonchev–Trinajstić information content (AvgIpc) is 2.26. The van der Waals surface area contributed by atoms with Crippen LogP contribution < -0.4 is 0 Å². The first-order chi connectivity index (χ1) is 9.59. The Morgan fingerprint density at radius 1 is 0.636 bits per heavy atom. The lowest BCUT2D eigenvalue weighted by Gasteiger charge is -2.64. The minimum absolute atomic E-state index is 0.345. The molecule has 0 bridgehead atoms. The summed E-state index contributed by atoms with van der Waals surface area (Å²) < 4.78 is 0. The van der Waals surface area contributed by atoms with Gasteiger partial charge in [-0.3, -0.25) is 0 Å². The standard InChI is InChI=1S/C18H42ClSi3/c1-13-21(14-2,15-3)20(19)22(16(4,5)6,17(7,8)9)18(10,11)12/h13-15H2,1-12H3. The molecule has 133 valence electrons. The van der Waals surface area contributed by atoms with Crippen molar-refractivity contribution < 1.29 is 0 Å². The topological polar surface area (TPSA) is 0 Å². The minimum Gasteiger partial charge on any atom is -0.176 e. The van der Waals surface area contributed by atoms with E-state index >= 15 is 0 Å². The molecule has 0 rings (SSSR count). The summed E-state index contributed by atoms with van der Waals surface area (Å²) in [5.41, 5.74) is 0. The van der Waals surface area contributed by atoms with Crippen molar-refractivity contribution in [3.63, 3.8) is 0 Å². The monoisotopic (exact) mass is 377 g/mol. The van der Waals surface area contributed by atoms with Crippen molar-refractivity contribution >= 4 is 33.4 Å². The summed E-state index contributed by atoms with van der Waals surface area (Å²) in [7, 11) is -3.99. The Bertz CT molecular complexity index is 310. The molecule has 0 unspecified atom stereocenters. The molecule has 0 aromatic rings. The average molecular weight is 378 g/mol. The number of rotatable bonds is 5. The molecule has 0 heterocycles. The Labute approximate surface area is 149 Å². The Morgan fingerprint density at radius 3 is 1.00 bits per heavy atom. The van der Waals surface area contributed by atoms with Crippen LogP contribution in [0, 0.1) is 0 Å². The van der Waals surface area contributed by atoms with E-state index in [0.29, 0.717) is 15.1 Å². The van der Waals surface area contributed by atoms with Crippen LogP contribution in [0.5, 0.6) is 0 Å². The van der Waals surface area contributed by atoms with E-state index in [4.69, 9.17) is 11.1 Å². The van der Waals surface area contributed by atoms with Gasteiger partial charge in [0.25, 0.3) is 0 Å². The quantitative estimate of drug-likeness (QED) is 0.339. The van der Waals surface area contributed by atoms with Crippen molar-refractivity contribution in [3.8, 4) is 0 Å². The van der Waals surface area contributed by atoms with Gasteiger partial charge in [0.15, 0.2) is 0 Å². The van der Waals surface area contributed by atoms with Crippen LogP contribution in [-0.4, -0.2) is 22.3 Å². The molecule has 0 aliphatic heterocycles. The van der Waals surface area contributed by atoms with E-state index in [9.17, 15) is 0 Å². The van der Waals surface area contributed by atoms with Crippen molar-refractivity contribution in [3.05, 3.63) is 0 Å². The van der Waals surface area contributed by atoms with Crippen LogP contribution >= 0.6 is 11.1 Å². The van der Waals surface area contributed by atoms with Crippen molar-refractivity contribution in [2.24, 2.45) is 0 Å². The second-order valence-corrected chi connectivity index (χ2v) is 34.4. The Morgan fingerprint density at radius 2 is 0.864 bits per heavy atom. The van der Waals surface area contributed by atoms with E-state index < -0.39 is 22.3 Å². The van der Waals surface area contributed by atoms with Crippen LogP contribution in [0.1, 0.15) is 83.1 Å². The van der Waals surface area contributed by atoms with Gasteiger partial charge in [0.2, 0.25) is 0 Å². The third-order valence-corrected chi connectivity index (χ3v) is 47.6. The van der Waals surface area contributed by atoms with Gasteiger partial charge >= 0.3 is 0 Å². The molecule has 0 saturated heterocycles. The molecule has 0 amide bonds. The zero-order valence-corrected chi connectivity index (χ0v) is 21.3. The van der Waals surface area contributed by atoms with Crippen molar-refractivity contribution in [1.29, 1.82) is 0 Å². The second kappa shape index (κ2) is 7.05. The van der Waals surface area contributed by atoms with Crippen molar-refractivity contribution in [2.45, 2.75) is 116 Å². The molecule has 0 fully saturated rings. The van der Waals surface area contributed by atoms with E-state index in [2.05, 4.69) is 83.1 Å². The van der Waals surface area contributed by atoms with E-state index in [1.54, 1.807) is 0 Å². The lowest BCUT2D eigenvalue weighted by Crippen LogP contribution is -2.74. The van der Waals surface area contributed by atoms with Gasteiger partial charge in [-0.1, -0.05) is 101 Å². The lowest BCUT2D eigenvalue weighted by molar-refractivity contribution is 0.555. The first kappa shape index (κ1) is 22.9. The van der Waals surface area contributed by atoms with E-state index in [0.717, 1.165) is 0 Å². The first-order valence-corrected chi connectivity index (χ1v) is 18.3. The van der Waals surface area contributed by atoms with Crippen LogP contribution in [0.25, 0.3) is 0 Å². The highest BCUT2D eigenvalue weighted by molar-refractivity contribution is 7.76. The van der Waals surface area contributed by atoms with Gasteiger partial charge in [-0.25, -0.2) is 0 Å². The van der Waals surface area contributed by atoms with E-state index in [-0.39, 0.29) is 0 Å². The molecule has 0 atom stereocenters. The normalized spacial score (nSPS) is 15.5. The zero-order valence-electron chi connectivity index (χ0n) is 17.5. The first-order valence-electron chi connectivity index (χ1n) is 9.12. The van der Waals surface area contributed by atoms with Gasteiger partial charge in [-0.2, -0.15) is 11.1 Å². The summed E-state index contributed by atoms with van der Waals surface area (Å²) in [5, 5.41) is 1.03. The highest BCUT2D eigenvalue weighted by Crippen LogP contribution is 2.65. The van der Waals surface area contributed by atoms with Crippen LogP contribution in [0.4, 0.5) is 0 Å². The molecule has 0 nitrogen and oxygen atoms in total. The molecule has 0 aliphatic carbocycles. The molecule has 0 spiro atoms. The highest BCUT2D eigenvalue weighted by atomic mass is 35.6. The van der Waals surface area contributed by atoms with Crippen molar-refractivity contribution in [2.75, 3.05) is 0 Å². The van der Waals surface area contributed by atoms with E-state index in [1.807, 2.05) is 0 Å². The summed E-state index contributed by atoms with van der Waals surface area (Å²) in [5.74, 6) is 0. The Hall–Kier alpha value is 0.941. The molecule has 0 saturated carbocycles. The second-order valence-electron chi connectivity index (χ2n) is 10.2. The minimum atomic E-state index is -1.77. The molecule has 0 aromatic carbocycles. The lowest BCUT2D eigenvalue weighted by atomic mass is 10.2. The SMILES string of the molecule is CC[Si](CC)(CC)[Si](Cl)[Si](C(C)(C)C)(C(C)(C)C)C(C)(C)C. The summed E-state index contributed by atoms with van der Waals surface area (Å²) in [6.07, 6.45) is 0. The molecule has 0 aliphatic rings. The number of hydrogen-bond acceptors (Lipinski definition) is 0. The van der Waals surface area contributed by atoms with Crippen LogP contribution in [0.15, 0.2) is 0 Å². The number of halogens is 1. The molecule has 4 heteroatoms. The van der Waals surface area contributed by atoms with Gasteiger partial charge in [0.05, 0.1) is 15.2 Å². The molecular weight excluding hydrogens is 336 g/mol. The van der Waals surface area contributed by atoms with Gasteiger partial charge < -0.3 is 0 Å². The summed E-state index contributed by atoms with van der Waals surface area (Å²) in [4.78, 5) is 0. The molecule has 1 radical (unpaired) electrons. The van der Waals surface area contributed by atoms with Crippen LogP contribution in [0.2, 0.25) is 33.2 Å². The number of hydrogen-bond donors (Lipinski definition) is 0. The fourth-order valence-corrected chi connectivity index (χ4v) is 62.4. The van der Waals surface area contributed by atoms with Crippen LogP contribution in [0.3, 0.4) is 0 Å². The molecule has 0 aromatic heterocycles. The summed E-state index contributed by atoms with van der Waals surface area (Å²) in [6.45, 7) is 29.8. The summed E-state index contributed by atoms with van der Waals surface area (Å²) >= 11 is 7.71. The predicted molar refractivity (Wildman–Crippen MR) is 114 cm³/mol. The zero-order chi connectivity index (χ0) is 18.2. The van der Waals surface area contributed by atoms with Gasteiger partial charge in [0, 0.05) is 0 Å². The van der Waals surface area contributed by atoms with Crippen molar-refractivity contribution in [1.82, 2.24) is 0 Å². The fourth-order valence-electron chi connectivity index (χ4n) is 5.98. The maximum atomic E-state index is 7.71. The van der Waals surface area contributed by atoms with Gasteiger partial charge in [-0.05, 0) is 15.1 Å².